The largest absolute Gasteiger partial charge is 0.496 e. The maximum atomic E-state index is 12.5. The highest BCUT2D eigenvalue weighted by atomic mass is 16.5. The lowest BCUT2D eigenvalue weighted by atomic mass is 9.96. The molecular formula is C23H25N3O4. The van der Waals surface area contributed by atoms with Crippen LogP contribution < -0.4 is 20.3 Å². The first-order valence-electron chi connectivity index (χ1n) is 10.2. The zero-order chi connectivity index (χ0) is 21.3. The molecule has 0 spiro atoms. The number of anilines is 2. The van der Waals surface area contributed by atoms with Gasteiger partial charge in [-0.15, -0.1) is 0 Å². The van der Waals surface area contributed by atoms with Crippen molar-refractivity contribution < 1.29 is 19.1 Å². The predicted molar refractivity (Wildman–Crippen MR) is 114 cm³/mol. The Morgan fingerprint density at radius 2 is 2.00 bits per heavy atom. The Morgan fingerprint density at radius 1 is 1.20 bits per heavy atom. The number of aryl methyl sites for hydroxylation is 1. The SMILES string of the molecule is COc1ccccc1CCNC(=O)C(=O)Nc1cc2c3c(c1)[C@H](C)C(=O)N3CCC2. The highest BCUT2D eigenvalue weighted by Gasteiger charge is 2.38. The average Bonchev–Trinajstić information content (AvgIpc) is 3.00. The molecule has 7 heteroatoms. The molecule has 2 aromatic rings. The molecule has 0 fully saturated rings. The molecule has 2 aliphatic heterocycles. The lowest BCUT2D eigenvalue weighted by Crippen LogP contribution is -2.36. The van der Waals surface area contributed by atoms with Crippen molar-refractivity contribution in [2.75, 3.05) is 30.4 Å². The number of nitrogens with one attached hydrogen (secondary N) is 2. The normalized spacial score (nSPS) is 16.8. The smallest absolute Gasteiger partial charge is 0.313 e. The molecule has 2 N–H and O–H groups in total. The standard InChI is InChI=1S/C23H25N3O4/c1-14-18-13-17(12-16-7-5-11-26(20(16)18)23(14)29)25-22(28)21(27)24-10-9-15-6-3-4-8-19(15)30-2/h3-4,6,8,12-14H,5,7,9-11H2,1-2H3,(H,24,27)(H,25,28)/t14-/m0/s1. The van der Waals surface area contributed by atoms with Gasteiger partial charge in [-0.3, -0.25) is 14.4 Å². The summed E-state index contributed by atoms with van der Waals surface area (Å²) in [5.74, 6) is -0.787. The number of carbonyl (C=O) groups excluding carboxylic acids is 3. The molecule has 0 aromatic heterocycles. The van der Waals surface area contributed by atoms with Gasteiger partial charge >= 0.3 is 11.8 Å². The van der Waals surface area contributed by atoms with Gasteiger partial charge in [0.1, 0.15) is 5.75 Å². The van der Waals surface area contributed by atoms with Crippen molar-refractivity contribution in [3.05, 3.63) is 53.1 Å². The van der Waals surface area contributed by atoms with Crippen molar-refractivity contribution in [3.8, 4) is 5.75 Å². The van der Waals surface area contributed by atoms with Crippen molar-refractivity contribution in [2.45, 2.75) is 32.1 Å². The van der Waals surface area contributed by atoms with E-state index in [0.717, 1.165) is 47.5 Å². The first-order chi connectivity index (χ1) is 14.5. The van der Waals surface area contributed by atoms with Crippen LogP contribution in [0.15, 0.2) is 36.4 Å². The summed E-state index contributed by atoms with van der Waals surface area (Å²) in [4.78, 5) is 38.9. The fraction of sp³-hybridized carbons (Fsp3) is 0.348. The Morgan fingerprint density at radius 3 is 2.80 bits per heavy atom. The Hall–Kier alpha value is -3.35. The number of hydrogen-bond acceptors (Lipinski definition) is 4. The van der Waals surface area contributed by atoms with E-state index in [1.165, 1.54) is 0 Å². The minimum absolute atomic E-state index is 0.100. The Bertz CT molecular complexity index is 1020. The molecule has 2 heterocycles. The fourth-order valence-corrected chi connectivity index (χ4v) is 4.26. The molecule has 2 aromatic carbocycles. The second kappa shape index (κ2) is 8.18. The predicted octanol–water partition coefficient (Wildman–Crippen LogP) is 2.39. The third-order valence-electron chi connectivity index (χ3n) is 5.76. The molecule has 1 atom stereocenters. The fourth-order valence-electron chi connectivity index (χ4n) is 4.26. The zero-order valence-corrected chi connectivity index (χ0v) is 17.2. The molecule has 0 bridgehead atoms. The highest BCUT2D eigenvalue weighted by molar-refractivity contribution is 6.39. The summed E-state index contributed by atoms with van der Waals surface area (Å²) >= 11 is 0. The van der Waals surface area contributed by atoms with Crippen molar-refractivity contribution in [2.24, 2.45) is 0 Å². The number of nitrogens with zero attached hydrogens (tertiary/aromatic N) is 1. The monoisotopic (exact) mass is 407 g/mol. The summed E-state index contributed by atoms with van der Waals surface area (Å²) in [6.45, 7) is 2.94. The molecular weight excluding hydrogens is 382 g/mol. The molecule has 0 saturated heterocycles. The van der Waals surface area contributed by atoms with E-state index in [9.17, 15) is 14.4 Å². The second-order valence-electron chi connectivity index (χ2n) is 7.66. The number of hydrogen-bond donors (Lipinski definition) is 2. The summed E-state index contributed by atoms with van der Waals surface area (Å²) in [6.07, 6.45) is 2.31. The quantitative estimate of drug-likeness (QED) is 0.745. The van der Waals surface area contributed by atoms with Crippen LogP contribution in [-0.4, -0.2) is 37.9 Å². The van der Waals surface area contributed by atoms with Gasteiger partial charge in [0.25, 0.3) is 0 Å². The summed E-state index contributed by atoms with van der Waals surface area (Å²) in [7, 11) is 1.60. The van der Waals surface area contributed by atoms with Gasteiger partial charge in [0.05, 0.1) is 18.7 Å². The topological polar surface area (TPSA) is 87.7 Å². The lowest BCUT2D eigenvalue weighted by molar-refractivity contribution is -0.136. The van der Waals surface area contributed by atoms with E-state index in [-0.39, 0.29) is 11.8 Å². The van der Waals surface area contributed by atoms with Gasteiger partial charge in [0.2, 0.25) is 5.91 Å². The van der Waals surface area contributed by atoms with Crippen LogP contribution in [0.4, 0.5) is 11.4 Å². The Balaban J connectivity index is 1.40. The first-order valence-corrected chi connectivity index (χ1v) is 10.2. The van der Waals surface area contributed by atoms with Gasteiger partial charge in [0.15, 0.2) is 0 Å². The number of methoxy groups -OCH3 is 1. The van der Waals surface area contributed by atoms with Gasteiger partial charge in [0, 0.05) is 18.8 Å². The lowest BCUT2D eigenvalue weighted by Gasteiger charge is -2.26. The number of amides is 3. The van der Waals surface area contributed by atoms with E-state index in [0.29, 0.717) is 18.7 Å². The van der Waals surface area contributed by atoms with E-state index in [1.54, 1.807) is 7.11 Å². The van der Waals surface area contributed by atoms with Crippen LogP contribution in [-0.2, 0) is 27.2 Å². The van der Waals surface area contributed by atoms with Crippen LogP contribution in [0.2, 0.25) is 0 Å². The second-order valence-corrected chi connectivity index (χ2v) is 7.66. The Kier molecular flexibility index (Phi) is 5.44. The van der Waals surface area contributed by atoms with Gasteiger partial charge in [-0.25, -0.2) is 0 Å². The third-order valence-corrected chi connectivity index (χ3v) is 5.76. The van der Waals surface area contributed by atoms with Crippen LogP contribution in [0.25, 0.3) is 0 Å². The molecule has 156 valence electrons. The number of para-hydroxylation sites is 1. The number of benzene rings is 2. The molecule has 0 aliphatic carbocycles. The summed E-state index contributed by atoms with van der Waals surface area (Å²) in [6, 6.07) is 11.2. The van der Waals surface area contributed by atoms with E-state index in [2.05, 4.69) is 10.6 Å². The van der Waals surface area contributed by atoms with Crippen LogP contribution in [0.3, 0.4) is 0 Å². The van der Waals surface area contributed by atoms with Crippen molar-refractivity contribution >= 4 is 29.1 Å². The summed E-state index contributed by atoms with van der Waals surface area (Å²) in [5, 5.41) is 5.33. The molecule has 0 saturated carbocycles. The Labute approximate surface area is 175 Å². The van der Waals surface area contributed by atoms with Crippen LogP contribution >= 0.6 is 0 Å². The van der Waals surface area contributed by atoms with E-state index in [1.807, 2.05) is 48.2 Å². The van der Waals surface area contributed by atoms with Gasteiger partial charge < -0.3 is 20.3 Å². The highest BCUT2D eigenvalue weighted by Crippen LogP contribution is 2.44. The molecule has 0 unspecified atom stereocenters. The summed E-state index contributed by atoms with van der Waals surface area (Å²) in [5.41, 5.74) is 4.46. The average molecular weight is 407 g/mol. The van der Waals surface area contributed by atoms with Gasteiger partial charge in [-0.05, 0) is 61.1 Å². The maximum Gasteiger partial charge on any atom is 0.313 e. The minimum Gasteiger partial charge on any atom is -0.496 e. The van der Waals surface area contributed by atoms with E-state index >= 15 is 0 Å². The number of ether oxygens (including phenoxy) is 1. The van der Waals surface area contributed by atoms with E-state index < -0.39 is 11.8 Å². The van der Waals surface area contributed by atoms with Crippen molar-refractivity contribution in [1.82, 2.24) is 5.32 Å². The molecule has 4 rings (SSSR count). The molecule has 7 nitrogen and oxygen atoms in total. The molecule has 2 aliphatic rings. The van der Waals surface area contributed by atoms with Gasteiger partial charge in [-0.2, -0.15) is 0 Å². The molecule has 30 heavy (non-hydrogen) atoms. The first kappa shape index (κ1) is 19.9. The van der Waals surface area contributed by atoms with Crippen molar-refractivity contribution in [3.63, 3.8) is 0 Å². The zero-order valence-electron chi connectivity index (χ0n) is 17.2. The van der Waals surface area contributed by atoms with Crippen LogP contribution in [0.1, 0.15) is 36.0 Å². The minimum atomic E-state index is -0.716. The van der Waals surface area contributed by atoms with Crippen molar-refractivity contribution in [1.29, 1.82) is 0 Å². The van der Waals surface area contributed by atoms with Crippen LogP contribution in [0, 0.1) is 0 Å². The molecule has 3 amide bonds. The summed E-state index contributed by atoms with van der Waals surface area (Å²) < 4.78 is 5.30. The van der Waals surface area contributed by atoms with Gasteiger partial charge in [-0.1, -0.05) is 18.2 Å². The molecule has 0 radical (unpaired) electrons. The maximum absolute atomic E-state index is 12.5. The number of rotatable bonds is 5. The number of carbonyl (C=O) groups is 3. The van der Waals surface area contributed by atoms with E-state index in [4.69, 9.17) is 4.74 Å². The van der Waals surface area contributed by atoms with Crippen LogP contribution in [0.5, 0.6) is 5.75 Å². The third kappa shape index (κ3) is 3.63.